The summed E-state index contributed by atoms with van der Waals surface area (Å²) in [6.07, 6.45) is 0.428. The van der Waals surface area contributed by atoms with Crippen LogP contribution in [0.3, 0.4) is 0 Å². The minimum Gasteiger partial charge on any atom is -0.493 e. The molecule has 1 aliphatic heterocycles. The zero-order valence-corrected chi connectivity index (χ0v) is 12.4. The van der Waals surface area contributed by atoms with Crippen LogP contribution < -0.4 is 4.74 Å². The molecule has 2 unspecified atom stereocenters. The van der Waals surface area contributed by atoms with E-state index in [9.17, 15) is 8.42 Å². The zero-order chi connectivity index (χ0) is 14.2. The first kappa shape index (κ1) is 14.6. The predicted octanol–water partition coefficient (Wildman–Crippen LogP) is 2.19. The summed E-state index contributed by atoms with van der Waals surface area (Å²) in [6.45, 7) is 2.29. The molecule has 19 heavy (non-hydrogen) atoms. The lowest BCUT2D eigenvalue weighted by Gasteiger charge is -2.11. The van der Waals surface area contributed by atoms with Crippen molar-refractivity contribution >= 4 is 21.4 Å². The second-order valence-electron chi connectivity index (χ2n) is 4.19. The van der Waals surface area contributed by atoms with Gasteiger partial charge in [0.15, 0.2) is 16.1 Å². The van der Waals surface area contributed by atoms with E-state index in [0.29, 0.717) is 17.9 Å². The summed E-state index contributed by atoms with van der Waals surface area (Å²) in [6, 6.07) is 3.00. The van der Waals surface area contributed by atoms with Crippen molar-refractivity contribution in [3.63, 3.8) is 0 Å². The summed E-state index contributed by atoms with van der Waals surface area (Å²) >= 11 is 5.99. The van der Waals surface area contributed by atoms with Crippen molar-refractivity contribution in [1.82, 2.24) is 0 Å². The molecule has 0 amide bonds. The smallest absolute Gasteiger partial charge is 0.188 e. The van der Waals surface area contributed by atoms with Crippen LogP contribution in [0.15, 0.2) is 17.0 Å². The molecule has 0 saturated carbocycles. The van der Waals surface area contributed by atoms with Crippen LogP contribution in [0.4, 0.5) is 0 Å². The monoisotopic (exact) mass is 306 g/mol. The van der Waals surface area contributed by atoms with Gasteiger partial charge in [0.2, 0.25) is 0 Å². The van der Waals surface area contributed by atoms with Gasteiger partial charge in [0, 0.05) is 25.0 Å². The first-order valence-corrected chi connectivity index (χ1v) is 8.00. The van der Waals surface area contributed by atoms with Gasteiger partial charge in [0.1, 0.15) is 11.9 Å². The number of benzene rings is 1. The van der Waals surface area contributed by atoms with Gasteiger partial charge in [-0.1, -0.05) is 11.6 Å². The quantitative estimate of drug-likeness (QED) is 0.780. The van der Waals surface area contributed by atoms with Gasteiger partial charge < -0.3 is 14.2 Å². The van der Waals surface area contributed by atoms with Crippen LogP contribution in [0, 0.1) is 0 Å². The van der Waals surface area contributed by atoms with Gasteiger partial charge in [-0.05, 0) is 13.0 Å². The third kappa shape index (κ3) is 3.02. The van der Waals surface area contributed by atoms with Gasteiger partial charge in [-0.25, -0.2) is 8.42 Å². The Hall–Kier alpha value is -0.820. The molecule has 5 nitrogen and oxygen atoms in total. The fraction of sp³-hybridized carbons (Fsp3) is 0.500. The maximum atomic E-state index is 11.7. The minimum atomic E-state index is -3.40. The zero-order valence-electron chi connectivity index (χ0n) is 10.8. The molecule has 106 valence electrons. The van der Waals surface area contributed by atoms with Crippen LogP contribution >= 0.6 is 11.6 Å². The highest BCUT2D eigenvalue weighted by atomic mass is 35.5. The number of hydrogen-bond acceptors (Lipinski definition) is 5. The maximum Gasteiger partial charge on any atom is 0.188 e. The number of rotatable bonds is 5. The van der Waals surface area contributed by atoms with Crippen molar-refractivity contribution in [2.75, 3.05) is 20.0 Å². The molecule has 2 rings (SSSR count). The highest BCUT2D eigenvalue weighted by Gasteiger charge is 2.43. The van der Waals surface area contributed by atoms with Crippen molar-refractivity contribution in [1.29, 1.82) is 0 Å². The molecule has 0 aromatic heterocycles. The van der Waals surface area contributed by atoms with E-state index in [1.54, 1.807) is 0 Å². The van der Waals surface area contributed by atoms with Crippen molar-refractivity contribution in [3.05, 3.63) is 22.7 Å². The second-order valence-corrected chi connectivity index (χ2v) is 6.58. The van der Waals surface area contributed by atoms with E-state index >= 15 is 0 Å². The molecule has 1 aromatic rings. The Balaban J connectivity index is 2.49. The summed E-state index contributed by atoms with van der Waals surface area (Å²) in [4.78, 5) is 0.0676. The molecule has 2 atom stereocenters. The van der Waals surface area contributed by atoms with Crippen molar-refractivity contribution in [2.24, 2.45) is 0 Å². The molecule has 0 radical (unpaired) electrons. The normalized spacial score (nSPS) is 22.3. The largest absolute Gasteiger partial charge is 0.493 e. The molecular weight excluding hydrogens is 292 g/mol. The molecule has 0 spiro atoms. The SMILES string of the molecule is CCOc1cc(Cl)c(S(C)(=O)=O)cc1C1OC1OC. The number of hydrogen-bond donors (Lipinski definition) is 0. The van der Waals surface area contributed by atoms with Gasteiger partial charge in [-0.3, -0.25) is 0 Å². The van der Waals surface area contributed by atoms with Crippen molar-refractivity contribution in [2.45, 2.75) is 24.2 Å². The van der Waals surface area contributed by atoms with Crippen LogP contribution in [0.1, 0.15) is 18.6 Å². The molecular formula is C12H15ClO5S. The number of sulfone groups is 1. The van der Waals surface area contributed by atoms with Gasteiger partial charge in [0.05, 0.1) is 16.5 Å². The average Bonchev–Trinajstić information content (AvgIpc) is 3.07. The number of epoxide rings is 1. The summed E-state index contributed by atoms with van der Waals surface area (Å²) in [5.74, 6) is 0.518. The molecule has 1 heterocycles. The first-order chi connectivity index (χ1) is 8.88. The van der Waals surface area contributed by atoms with Gasteiger partial charge in [0.25, 0.3) is 0 Å². The number of methoxy groups -OCH3 is 1. The molecule has 1 saturated heterocycles. The van der Waals surface area contributed by atoms with E-state index in [2.05, 4.69) is 0 Å². The summed E-state index contributed by atoms with van der Waals surface area (Å²) in [7, 11) is -1.88. The summed E-state index contributed by atoms with van der Waals surface area (Å²) < 4.78 is 39.2. The Morgan fingerprint density at radius 1 is 1.42 bits per heavy atom. The minimum absolute atomic E-state index is 0.0676. The Morgan fingerprint density at radius 2 is 2.11 bits per heavy atom. The predicted molar refractivity (Wildman–Crippen MR) is 70.4 cm³/mol. The standard InChI is InChI=1S/C12H15ClO5S/c1-4-17-9-6-8(13)10(19(3,14)15)5-7(9)11-12(16-2)18-11/h5-6,11-12H,4H2,1-3H3. The van der Waals surface area contributed by atoms with E-state index in [1.165, 1.54) is 19.2 Å². The lowest BCUT2D eigenvalue weighted by Crippen LogP contribution is -2.04. The molecule has 0 aliphatic carbocycles. The Bertz CT molecular complexity index is 584. The highest BCUT2D eigenvalue weighted by molar-refractivity contribution is 7.90. The molecule has 1 aliphatic rings. The van der Waals surface area contributed by atoms with Crippen molar-refractivity contribution < 1.29 is 22.6 Å². The topological polar surface area (TPSA) is 65.1 Å². The maximum absolute atomic E-state index is 11.7. The fourth-order valence-electron chi connectivity index (χ4n) is 1.84. The van der Waals surface area contributed by atoms with E-state index in [0.717, 1.165) is 6.26 Å². The van der Waals surface area contributed by atoms with Gasteiger partial charge >= 0.3 is 0 Å². The van der Waals surface area contributed by atoms with Crippen LogP contribution in [-0.2, 0) is 19.3 Å². The van der Waals surface area contributed by atoms with Crippen LogP contribution in [0.25, 0.3) is 0 Å². The Kier molecular flexibility index (Phi) is 4.06. The van der Waals surface area contributed by atoms with E-state index in [-0.39, 0.29) is 22.3 Å². The highest BCUT2D eigenvalue weighted by Crippen LogP contribution is 2.45. The molecule has 1 fully saturated rings. The number of halogens is 1. The number of ether oxygens (including phenoxy) is 3. The Labute approximate surface area is 117 Å². The van der Waals surface area contributed by atoms with E-state index < -0.39 is 9.84 Å². The molecule has 1 aromatic carbocycles. The lowest BCUT2D eigenvalue weighted by molar-refractivity contribution is 0.0950. The lowest BCUT2D eigenvalue weighted by atomic mass is 10.1. The van der Waals surface area contributed by atoms with Gasteiger partial charge in [-0.15, -0.1) is 0 Å². The third-order valence-corrected chi connectivity index (χ3v) is 4.32. The summed E-state index contributed by atoms with van der Waals surface area (Å²) in [5, 5.41) is 0.143. The second kappa shape index (κ2) is 5.28. The van der Waals surface area contributed by atoms with Gasteiger partial charge in [-0.2, -0.15) is 0 Å². The van der Waals surface area contributed by atoms with Crippen LogP contribution in [-0.4, -0.2) is 34.7 Å². The first-order valence-electron chi connectivity index (χ1n) is 5.73. The molecule has 0 bridgehead atoms. The summed E-state index contributed by atoms with van der Waals surface area (Å²) in [5.41, 5.74) is 0.638. The molecule has 0 N–H and O–H groups in total. The Morgan fingerprint density at radius 3 is 2.58 bits per heavy atom. The van der Waals surface area contributed by atoms with E-state index in [4.69, 9.17) is 25.8 Å². The van der Waals surface area contributed by atoms with Crippen LogP contribution in [0.5, 0.6) is 5.75 Å². The van der Waals surface area contributed by atoms with Crippen molar-refractivity contribution in [3.8, 4) is 5.75 Å². The third-order valence-electron chi connectivity index (χ3n) is 2.75. The van der Waals surface area contributed by atoms with E-state index in [1.807, 2.05) is 6.92 Å². The average molecular weight is 307 g/mol. The molecule has 7 heteroatoms. The fourth-order valence-corrected chi connectivity index (χ4v) is 3.16. The van der Waals surface area contributed by atoms with Crippen LogP contribution in [0.2, 0.25) is 5.02 Å².